The second kappa shape index (κ2) is 5.20. The zero-order chi connectivity index (χ0) is 13.1. The van der Waals surface area contributed by atoms with E-state index in [2.05, 4.69) is 15.9 Å². The van der Waals surface area contributed by atoms with E-state index < -0.39 is 5.91 Å². The number of nitrogens with zero attached hydrogens (tertiary/aromatic N) is 1. The highest BCUT2D eigenvalue weighted by molar-refractivity contribution is 9.10. The van der Waals surface area contributed by atoms with Crippen LogP contribution in [0.5, 0.6) is 5.75 Å². The van der Waals surface area contributed by atoms with Crippen molar-refractivity contribution in [2.24, 2.45) is 0 Å². The molecular weight excluding hydrogens is 298 g/mol. The molecule has 0 aliphatic heterocycles. The zero-order valence-corrected chi connectivity index (χ0v) is 10.8. The smallest absolute Gasteiger partial charge is 0.285 e. The predicted octanol–water partition coefficient (Wildman–Crippen LogP) is 3.19. The average molecular weight is 308 g/mol. The van der Waals surface area contributed by atoms with Crippen LogP contribution < -0.4 is 5.06 Å². The molecule has 0 spiro atoms. The van der Waals surface area contributed by atoms with E-state index in [0.29, 0.717) is 15.2 Å². The van der Waals surface area contributed by atoms with Crippen molar-refractivity contribution < 1.29 is 15.1 Å². The molecule has 2 rings (SSSR count). The number of carbonyl (C=O) groups is 1. The Morgan fingerprint density at radius 3 is 2.44 bits per heavy atom. The number of phenolic OH excluding ortho intramolecular Hbond substituents is 1. The Hall–Kier alpha value is -1.85. The van der Waals surface area contributed by atoms with Gasteiger partial charge in [0.2, 0.25) is 0 Å². The van der Waals surface area contributed by atoms with Crippen LogP contribution in [0.1, 0.15) is 10.4 Å². The van der Waals surface area contributed by atoms with E-state index in [4.69, 9.17) is 0 Å². The third kappa shape index (κ3) is 2.52. The van der Waals surface area contributed by atoms with Gasteiger partial charge in [-0.05, 0) is 30.3 Å². The molecule has 0 aliphatic rings. The monoisotopic (exact) mass is 307 g/mol. The number of para-hydroxylation sites is 1. The van der Waals surface area contributed by atoms with E-state index in [9.17, 15) is 15.1 Å². The Bertz CT molecular complexity index is 572. The van der Waals surface area contributed by atoms with Crippen LogP contribution in [-0.4, -0.2) is 16.2 Å². The van der Waals surface area contributed by atoms with Crippen molar-refractivity contribution in [3.05, 3.63) is 58.6 Å². The van der Waals surface area contributed by atoms with E-state index in [1.807, 2.05) is 0 Å². The standard InChI is InChI=1S/C13H10BrNO3/c14-9-6-7-12(16)11(8-9)13(17)15(18)10-4-2-1-3-5-10/h1-8,16,18H. The summed E-state index contributed by atoms with van der Waals surface area (Å²) in [6.45, 7) is 0. The summed E-state index contributed by atoms with van der Waals surface area (Å²) >= 11 is 3.21. The number of anilines is 1. The van der Waals surface area contributed by atoms with Gasteiger partial charge in [-0.2, -0.15) is 5.06 Å². The largest absolute Gasteiger partial charge is 0.507 e. The lowest BCUT2D eigenvalue weighted by Gasteiger charge is -2.15. The molecule has 0 saturated carbocycles. The molecule has 2 aromatic carbocycles. The zero-order valence-electron chi connectivity index (χ0n) is 9.25. The summed E-state index contributed by atoms with van der Waals surface area (Å²) in [7, 11) is 0. The van der Waals surface area contributed by atoms with Crippen LogP contribution in [0.3, 0.4) is 0 Å². The number of halogens is 1. The predicted molar refractivity (Wildman–Crippen MR) is 70.8 cm³/mol. The van der Waals surface area contributed by atoms with Gasteiger partial charge in [0.15, 0.2) is 0 Å². The maximum Gasteiger partial charge on any atom is 0.285 e. The van der Waals surface area contributed by atoms with Crippen LogP contribution in [0.15, 0.2) is 53.0 Å². The highest BCUT2D eigenvalue weighted by atomic mass is 79.9. The number of hydroxylamine groups is 1. The van der Waals surface area contributed by atoms with Crippen LogP contribution in [0.25, 0.3) is 0 Å². The molecule has 18 heavy (non-hydrogen) atoms. The summed E-state index contributed by atoms with van der Waals surface area (Å²) < 4.78 is 0.644. The quantitative estimate of drug-likeness (QED) is 0.661. The first-order valence-corrected chi connectivity index (χ1v) is 5.96. The van der Waals surface area contributed by atoms with Gasteiger partial charge in [0, 0.05) is 4.47 Å². The van der Waals surface area contributed by atoms with Gasteiger partial charge in [0.05, 0.1) is 11.3 Å². The molecule has 0 atom stereocenters. The Morgan fingerprint density at radius 1 is 1.11 bits per heavy atom. The summed E-state index contributed by atoms with van der Waals surface area (Å²) in [5, 5.41) is 19.9. The lowest BCUT2D eigenvalue weighted by atomic mass is 10.2. The third-order valence-corrected chi connectivity index (χ3v) is 2.88. The molecule has 0 fully saturated rings. The number of benzene rings is 2. The maximum absolute atomic E-state index is 12.0. The van der Waals surface area contributed by atoms with Crippen molar-refractivity contribution in [3.8, 4) is 5.75 Å². The maximum atomic E-state index is 12.0. The minimum atomic E-state index is -0.694. The molecular formula is C13H10BrNO3. The fraction of sp³-hybridized carbons (Fsp3) is 0. The van der Waals surface area contributed by atoms with Gasteiger partial charge in [0.1, 0.15) is 5.75 Å². The highest BCUT2D eigenvalue weighted by Gasteiger charge is 2.19. The van der Waals surface area contributed by atoms with Gasteiger partial charge in [0.25, 0.3) is 5.91 Å². The van der Waals surface area contributed by atoms with Crippen LogP contribution >= 0.6 is 15.9 Å². The molecule has 1 amide bonds. The second-order valence-corrected chi connectivity index (χ2v) is 4.53. The first-order valence-electron chi connectivity index (χ1n) is 5.16. The number of hydrogen-bond donors (Lipinski definition) is 2. The van der Waals surface area contributed by atoms with Gasteiger partial charge in [-0.3, -0.25) is 10.0 Å². The number of aromatic hydroxyl groups is 1. The normalized spacial score (nSPS) is 10.1. The minimum Gasteiger partial charge on any atom is -0.507 e. The van der Waals surface area contributed by atoms with E-state index in [0.717, 1.165) is 0 Å². The molecule has 2 aromatic rings. The molecule has 0 aliphatic carbocycles. The topological polar surface area (TPSA) is 60.8 Å². The molecule has 4 nitrogen and oxygen atoms in total. The van der Waals surface area contributed by atoms with Crippen LogP contribution in [0, 0.1) is 0 Å². The fourth-order valence-electron chi connectivity index (χ4n) is 1.48. The Balaban J connectivity index is 2.34. The lowest BCUT2D eigenvalue weighted by molar-refractivity contribution is 0.0852. The Kier molecular flexibility index (Phi) is 3.64. The molecule has 5 heteroatoms. The molecule has 0 saturated heterocycles. The number of phenols is 1. The first kappa shape index (κ1) is 12.6. The van der Waals surface area contributed by atoms with Gasteiger partial charge in [-0.25, -0.2) is 0 Å². The van der Waals surface area contributed by atoms with Gasteiger partial charge < -0.3 is 5.11 Å². The molecule has 0 bridgehead atoms. The lowest BCUT2D eigenvalue weighted by Crippen LogP contribution is -2.26. The average Bonchev–Trinajstić information content (AvgIpc) is 2.41. The van der Waals surface area contributed by atoms with E-state index in [1.165, 1.54) is 12.1 Å². The number of rotatable bonds is 2. The molecule has 0 aromatic heterocycles. The highest BCUT2D eigenvalue weighted by Crippen LogP contribution is 2.24. The van der Waals surface area contributed by atoms with Gasteiger partial charge >= 0.3 is 0 Å². The van der Waals surface area contributed by atoms with Crippen LogP contribution in [0.2, 0.25) is 0 Å². The van der Waals surface area contributed by atoms with Crippen molar-refractivity contribution in [3.63, 3.8) is 0 Å². The van der Waals surface area contributed by atoms with Gasteiger partial charge in [-0.15, -0.1) is 0 Å². The SMILES string of the molecule is O=C(c1cc(Br)ccc1O)N(O)c1ccccc1. The summed E-state index contributed by atoms with van der Waals surface area (Å²) in [6, 6.07) is 12.8. The molecule has 2 N–H and O–H groups in total. The third-order valence-electron chi connectivity index (χ3n) is 2.38. The summed E-state index contributed by atoms with van der Waals surface area (Å²) in [5.41, 5.74) is 0.359. The van der Waals surface area contributed by atoms with E-state index in [-0.39, 0.29) is 11.3 Å². The van der Waals surface area contributed by atoms with Gasteiger partial charge in [-0.1, -0.05) is 34.1 Å². The van der Waals surface area contributed by atoms with Crippen molar-refractivity contribution in [1.29, 1.82) is 0 Å². The summed E-state index contributed by atoms with van der Waals surface area (Å²) in [6.07, 6.45) is 0. The number of hydrogen-bond acceptors (Lipinski definition) is 3. The van der Waals surface area contributed by atoms with Crippen molar-refractivity contribution in [1.82, 2.24) is 0 Å². The van der Waals surface area contributed by atoms with E-state index in [1.54, 1.807) is 36.4 Å². The Labute approximate surface area is 112 Å². The molecule has 0 heterocycles. The fourth-order valence-corrected chi connectivity index (χ4v) is 1.84. The molecule has 92 valence electrons. The first-order chi connectivity index (χ1) is 8.59. The van der Waals surface area contributed by atoms with Crippen molar-refractivity contribution in [2.45, 2.75) is 0 Å². The minimum absolute atomic E-state index is 0.0238. The molecule has 0 radical (unpaired) electrons. The van der Waals surface area contributed by atoms with Crippen LogP contribution in [-0.2, 0) is 0 Å². The van der Waals surface area contributed by atoms with Crippen molar-refractivity contribution in [2.75, 3.05) is 5.06 Å². The summed E-state index contributed by atoms with van der Waals surface area (Å²) in [4.78, 5) is 12.0. The molecule has 0 unspecified atom stereocenters. The number of amides is 1. The van der Waals surface area contributed by atoms with Crippen molar-refractivity contribution >= 4 is 27.5 Å². The summed E-state index contributed by atoms with van der Waals surface area (Å²) in [5.74, 6) is -0.877. The van der Waals surface area contributed by atoms with Crippen LogP contribution in [0.4, 0.5) is 5.69 Å². The second-order valence-electron chi connectivity index (χ2n) is 3.61. The van der Waals surface area contributed by atoms with E-state index >= 15 is 0 Å². The number of carbonyl (C=O) groups excluding carboxylic acids is 1. The Morgan fingerprint density at radius 2 is 1.78 bits per heavy atom.